The fraction of sp³-hybridized carbons (Fsp3) is 0.222. The zero-order valence-corrected chi connectivity index (χ0v) is 9.83. The molecule has 0 bridgehead atoms. The summed E-state index contributed by atoms with van der Waals surface area (Å²) < 4.78 is 4.76. The number of nitrogens with one attached hydrogen (secondary N) is 1. The summed E-state index contributed by atoms with van der Waals surface area (Å²) in [4.78, 5) is 10.8. The summed E-state index contributed by atoms with van der Waals surface area (Å²) >= 11 is 11.8. The highest BCUT2D eigenvalue weighted by atomic mass is 35.5. The van der Waals surface area contributed by atoms with Crippen LogP contribution in [-0.2, 0) is 4.74 Å². The van der Waals surface area contributed by atoms with Crippen LogP contribution in [0, 0.1) is 0 Å². The van der Waals surface area contributed by atoms with Crippen molar-refractivity contribution in [2.45, 2.75) is 6.04 Å². The van der Waals surface area contributed by atoms with Crippen molar-refractivity contribution < 1.29 is 9.53 Å². The second-order valence-electron chi connectivity index (χ2n) is 2.96. The molecule has 1 amide bonds. The molecule has 0 radical (unpaired) electrons. The Bertz CT molecular complexity index is 384. The predicted molar refractivity (Wildman–Crippen MR) is 60.9 cm³/mol. The van der Waals surface area contributed by atoms with Crippen LogP contribution >= 0.6 is 35.6 Å². The highest BCUT2D eigenvalue weighted by molar-refractivity contribution is 6.33. The highest BCUT2D eigenvalue weighted by Crippen LogP contribution is 2.28. The second-order valence-corrected chi connectivity index (χ2v) is 3.80. The van der Waals surface area contributed by atoms with Crippen molar-refractivity contribution in [3.05, 3.63) is 33.8 Å². The highest BCUT2D eigenvalue weighted by Gasteiger charge is 2.25. The smallest absolute Gasteiger partial charge is 0.407 e. The number of hydrogen-bond acceptors (Lipinski definition) is 2. The van der Waals surface area contributed by atoms with Crippen LogP contribution in [0.2, 0.25) is 10.0 Å². The first kappa shape index (κ1) is 12.4. The quantitative estimate of drug-likeness (QED) is 0.849. The van der Waals surface area contributed by atoms with E-state index in [0.29, 0.717) is 16.7 Å². The molecule has 0 unspecified atom stereocenters. The molecule has 1 heterocycles. The van der Waals surface area contributed by atoms with E-state index in [1.54, 1.807) is 18.2 Å². The summed E-state index contributed by atoms with van der Waals surface area (Å²) in [5, 5.41) is 3.80. The van der Waals surface area contributed by atoms with Crippen molar-refractivity contribution in [2.75, 3.05) is 6.61 Å². The average molecular weight is 269 g/mol. The van der Waals surface area contributed by atoms with Crippen LogP contribution in [-0.4, -0.2) is 12.7 Å². The van der Waals surface area contributed by atoms with E-state index in [4.69, 9.17) is 27.9 Å². The maximum absolute atomic E-state index is 10.8. The Morgan fingerprint density at radius 1 is 1.40 bits per heavy atom. The molecule has 0 aromatic heterocycles. The van der Waals surface area contributed by atoms with Crippen molar-refractivity contribution in [1.82, 2.24) is 5.32 Å². The lowest BCUT2D eigenvalue weighted by Crippen LogP contribution is -2.18. The Morgan fingerprint density at radius 3 is 2.73 bits per heavy atom. The van der Waals surface area contributed by atoms with E-state index < -0.39 is 6.09 Å². The molecule has 1 atom stereocenters. The number of amides is 1. The molecule has 2 rings (SSSR count). The van der Waals surface area contributed by atoms with Crippen LogP contribution in [0.25, 0.3) is 0 Å². The van der Waals surface area contributed by atoms with Gasteiger partial charge in [-0.3, -0.25) is 0 Å². The van der Waals surface area contributed by atoms with E-state index >= 15 is 0 Å². The Hall–Kier alpha value is -0.640. The number of halogens is 3. The molecule has 1 saturated heterocycles. The third-order valence-electron chi connectivity index (χ3n) is 2.01. The van der Waals surface area contributed by atoms with Gasteiger partial charge in [0.1, 0.15) is 6.61 Å². The summed E-state index contributed by atoms with van der Waals surface area (Å²) in [6, 6.07) is 4.92. The van der Waals surface area contributed by atoms with Gasteiger partial charge in [-0.15, -0.1) is 12.4 Å². The fourth-order valence-electron chi connectivity index (χ4n) is 1.33. The molecule has 0 saturated carbocycles. The number of cyclic esters (lactones) is 1. The van der Waals surface area contributed by atoms with Gasteiger partial charge in [0.15, 0.2) is 0 Å². The van der Waals surface area contributed by atoms with Crippen LogP contribution in [0.15, 0.2) is 18.2 Å². The van der Waals surface area contributed by atoms with E-state index in [9.17, 15) is 4.79 Å². The van der Waals surface area contributed by atoms with Crippen molar-refractivity contribution in [1.29, 1.82) is 0 Å². The second kappa shape index (κ2) is 4.92. The fourth-order valence-corrected chi connectivity index (χ4v) is 1.76. The maximum atomic E-state index is 10.8. The summed E-state index contributed by atoms with van der Waals surface area (Å²) in [6.45, 7) is 0.291. The van der Waals surface area contributed by atoms with E-state index in [-0.39, 0.29) is 18.4 Å². The summed E-state index contributed by atoms with van der Waals surface area (Å²) in [5.41, 5.74) is 0.782. The number of ether oxygens (including phenoxy) is 1. The normalized spacial score (nSPS) is 19.1. The lowest BCUT2D eigenvalue weighted by molar-refractivity contribution is 0.177. The number of carbonyl (C=O) groups is 1. The Labute approximate surface area is 103 Å². The molecule has 1 aliphatic heterocycles. The largest absolute Gasteiger partial charge is 0.447 e. The molecule has 0 spiro atoms. The first-order valence-corrected chi connectivity index (χ1v) is 4.80. The molecular formula is C9H8Cl3NO2. The molecule has 1 N–H and O–H groups in total. The summed E-state index contributed by atoms with van der Waals surface area (Å²) in [5.74, 6) is 0. The summed E-state index contributed by atoms with van der Waals surface area (Å²) in [6.07, 6.45) is -0.425. The van der Waals surface area contributed by atoms with E-state index in [1.807, 2.05) is 0 Å². The molecule has 1 aromatic rings. The molecule has 82 valence electrons. The lowest BCUT2D eigenvalue weighted by Gasteiger charge is -2.09. The minimum Gasteiger partial charge on any atom is -0.447 e. The van der Waals surface area contributed by atoms with E-state index in [1.165, 1.54) is 0 Å². The van der Waals surface area contributed by atoms with Gasteiger partial charge < -0.3 is 10.1 Å². The van der Waals surface area contributed by atoms with Crippen LogP contribution < -0.4 is 5.32 Å². The molecule has 15 heavy (non-hydrogen) atoms. The Kier molecular flexibility index (Phi) is 4.08. The van der Waals surface area contributed by atoms with Crippen molar-refractivity contribution in [2.24, 2.45) is 0 Å². The van der Waals surface area contributed by atoms with Crippen molar-refractivity contribution >= 4 is 41.7 Å². The Morgan fingerprint density at radius 2 is 2.13 bits per heavy atom. The molecule has 0 aliphatic carbocycles. The van der Waals surface area contributed by atoms with E-state index in [0.717, 1.165) is 5.56 Å². The SMILES string of the molecule is Cl.O=C1N[C@@H](c2cc(Cl)ccc2Cl)CO1. The third kappa shape index (κ3) is 2.68. The number of rotatable bonds is 1. The van der Waals surface area contributed by atoms with Gasteiger partial charge in [0, 0.05) is 10.0 Å². The van der Waals surface area contributed by atoms with Gasteiger partial charge in [-0.2, -0.15) is 0 Å². The first-order valence-electron chi connectivity index (χ1n) is 4.05. The van der Waals surface area contributed by atoms with E-state index in [2.05, 4.69) is 5.32 Å². The van der Waals surface area contributed by atoms with Gasteiger partial charge in [-0.05, 0) is 23.8 Å². The van der Waals surface area contributed by atoms with Gasteiger partial charge in [-0.25, -0.2) is 4.79 Å². The van der Waals surface area contributed by atoms with Gasteiger partial charge in [0.2, 0.25) is 0 Å². The Balaban J connectivity index is 0.00000112. The number of alkyl carbamates (subject to hydrolysis) is 1. The molecule has 1 fully saturated rings. The summed E-state index contributed by atoms with van der Waals surface area (Å²) in [7, 11) is 0. The molecular weight excluding hydrogens is 260 g/mol. The van der Waals surface area contributed by atoms with Crippen LogP contribution in [0.5, 0.6) is 0 Å². The predicted octanol–water partition coefficient (Wildman–Crippen LogP) is 3.20. The number of carbonyl (C=O) groups excluding carboxylic acids is 1. The molecule has 1 aliphatic rings. The first-order chi connectivity index (χ1) is 6.66. The van der Waals surface area contributed by atoms with Gasteiger partial charge in [-0.1, -0.05) is 23.2 Å². The lowest BCUT2D eigenvalue weighted by atomic mass is 10.1. The minimum atomic E-state index is -0.425. The van der Waals surface area contributed by atoms with Gasteiger partial charge in [0.25, 0.3) is 0 Å². The topological polar surface area (TPSA) is 38.3 Å². The molecule has 6 heteroatoms. The monoisotopic (exact) mass is 267 g/mol. The zero-order valence-electron chi connectivity index (χ0n) is 7.50. The van der Waals surface area contributed by atoms with Crippen molar-refractivity contribution in [3.63, 3.8) is 0 Å². The zero-order chi connectivity index (χ0) is 10.1. The van der Waals surface area contributed by atoms with Gasteiger partial charge in [0.05, 0.1) is 6.04 Å². The van der Waals surface area contributed by atoms with Crippen LogP contribution in [0.3, 0.4) is 0 Å². The molecule has 3 nitrogen and oxygen atoms in total. The standard InChI is InChI=1S/C9H7Cl2NO2.ClH/c10-5-1-2-7(11)6(3-5)8-4-14-9(13)12-8;/h1-3,8H,4H2,(H,12,13);1H/t8-;/m1./s1. The van der Waals surface area contributed by atoms with Crippen LogP contribution in [0.4, 0.5) is 4.79 Å². The van der Waals surface area contributed by atoms with Gasteiger partial charge >= 0.3 is 6.09 Å². The third-order valence-corrected chi connectivity index (χ3v) is 2.59. The minimum absolute atomic E-state index is 0. The maximum Gasteiger partial charge on any atom is 0.407 e. The average Bonchev–Trinajstić information content (AvgIpc) is 2.56. The number of hydrogen-bond donors (Lipinski definition) is 1. The van der Waals surface area contributed by atoms with Crippen LogP contribution in [0.1, 0.15) is 11.6 Å². The van der Waals surface area contributed by atoms with Crippen molar-refractivity contribution in [3.8, 4) is 0 Å². The molecule has 1 aromatic carbocycles. The number of benzene rings is 1.